The molecule has 0 aliphatic heterocycles. The Labute approximate surface area is 139 Å². The minimum Gasteiger partial charge on any atom is -0.508 e. The highest BCUT2D eigenvalue weighted by Crippen LogP contribution is 2.34. The molecule has 0 saturated heterocycles. The number of benzene rings is 3. The third-order valence-corrected chi connectivity index (χ3v) is 4.06. The maximum absolute atomic E-state index is 9.94. The maximum atomic E-state index is 9.94. The number of nitrogens with one attached hydrogen (secondary N) is 2. The van der Waals surface area contributed by atoms with Crippen molar-refractivity contribution in [1.29, 1.82) is 0 Å². The zero-order valence-corrected chi connectivity index (χ0v) is 13.2. The van der Waals surface area contributed by atoms with Gasteiger partial charge in [0.25, 0.3) is 0 Å². The van der Waals surface area contributed by atoms with Crippen molar-refractivity contribution in [2.75, 3.05) is 17.7 Å². The molecule has 1 aromatic heterocycles. The van der Waals surface area contributed by atoms with Crippen molar-refractivity contribution in [1.82, 2.24) is 4.98 Å². The summed E-state index contributed by atoms with van der Waals surface area (Å²) in [6, 6.07) is 21.5. The minimum atomic E-state index is 0.215. The smallest absolute Gasteiger partial charge is 0.119 e. The molecule has 0 aliphatic rings. The first-order chi connectivity index (χ1) is 11.7. The van der Waals surface area contributed by atoms with Crippen LogP contribution in [0.3, 0.4) is 0 Å². The molecule has 4 aromatic rings. The molecule has 0 radical (unpaired) electrons. The van der Waals surface area contributed by atoms with E-state index in [2.05, 4.69) is 22.8 Å². The molecule has 0 saturated carbocycles. The molecule has 3 aromatic carbocycles. The van der Waals surface area contributed by atoms with E-state index in [1.165, 1.54) is 0 Å². The van der Waals surface area contributed by atoms with Crippen molar-refractivity contribution < 1.29 is 5.11 Å². The van der Waals surface area contributed by atoms with E-state index in [0.717, 1.165) is 38.9 Å². The number of hydrogen-bond donors (Lipinski definition) is 3. The molecule has 3 N–H and O–H groups in total. The van der Waals surface area contributed by atoms with Gasteiger partial charge in [0.05, 0.1) is 16.7 Å². The average Bonchev–Trinajstić information content (AvgIpc) is 2.61. The van der Waals surface area contributed by atoms with Crippen molar-refractivity contribution in [3.8, 4) is 5.75 Å². The number of para-hydroxylation sites is 2. The highest BCUT2D eigenvalue weighted by Gasteiger charge is 2.09. The van der Waals surface area contributed by atoms with E-state index >= 15 is 0 Å². The summed E-state index contributed by atoms with van der Waals surface area (Å²) in [7, 11) is 1.83. The van der Waals surface area contributed by atoms with E-state index < -0.39 is 0 Å². The quantitative estimate of drug-likeness (QED) is 0.472. The van der Waals surface area contributed by atoms with Gasteiger partial charge in [0.15, 0.2) is 0 Å². The van der Waals surface area contributed by atoms with Crippen molar-refractivity contribution in [2.24, 2.45) is 0 Å². The van der Waals surface area contributed by atoms with Crippen LogP contribution in [0.15, 0.2) is 66.7 Å². The fourth-order valence-corrected chi connectivity index (χ4v) is 2.95. The van der Waals surface area contributed by atoms with Crippen LogP contribution in [0.4, 0.5) is 17.1 Å². The second-order valence-electron chi connectivity index (χ2n) is 5.66. The van der Waals surface area contributed by atoms with Gasteiger partial charge in [0.2, 0.25) is 0 Å². The second kappa shape index (κ2) is 5.74. The van der Waals surface area contributed by atoms with E-state index in [1.54, 1.807) is 12.1 Å². The van der Waals surface area contributed by atoms with Crippen LogP contribution in [0, 0.1) is 0 Å². The zero-order valence-electron chi connectivity index (χ0n) is 13.2. The zero-order chi connectivity index (χ0) is 16.5. The number of pyridine rings is 1. The number of anilines is 3. The van der Waals surface area contributed by atoms with E-state index in [1.807, 2.05) is 49.5 Å². The van der Waals surface area contributed by atoms with E-state index in [9.17, 15) is 5.11 Å². The first-order valence-electron chi connectivity index (χ1n) is 7.81. The van der Waals surface area contributed by atoms with Gasteiger partial charge in [-0.2, -0.15) is 0 Å². The second-order valence-corrected chi connectivity index (χ2v) is 5.66. The monoisotopic (exact) mass is 315 g/mol. The number of fused-ring (bicyclic) bond motifs is 2. The molecule has 0 fully saturated rings. The highest BCUT2D eigenvalue weighted by molar-refractivity contribution is 6.08. The summed E-state index contributed by atoms with van der Waals surface area (Å²) in [5.74, 6) is 0.215. The van der Waals surface area contributed by atoms with Gasteiger partial charge in [-0.15, -0.1) is 0 Å². The van der Waals surface area contributed by atoms with Gasteiger partial charge < -0.3 is 15.7 Å². The summed E-state index contributed by atoms with van der Waals surface area (Å²) in [6.45, 7) is 0. The van der Waals surface area contributed by atoms with Crippen molar-refractivity contribution in [2.45, 2.75) is 0 Å². The number of aromatic nitrogens is 1. The SMILES string of the molecule is CNc1cc(O)cc(Nc2c3ccccc3nc3ccccc23)c1. The van der Waals surface area contributed by atoms with Gasteiger partial charge in [-0.05, 0) is 18.2 Å². The van der Waals surface area contributed by atoms with Crippen LogP contribution in [0.1, 0.15) is 0 Å². The topological polar surface area (TPSA) is 57.2 Å². The Balaban J connectivity index is 1.95. The summed E-state index contributed by atoms with van der Waals surface area (Å²) < 4.78 is 0. The van der Waals surface area contributed by atoms with E-state index in [-0.39, 0.29) is 5.75 Å². The van der Waals surface area contributed by atoms with E-state index in [0.29, 0.717) is 0 Å². The van der Waals surface area contributed by atoms with Crippen molar-refractivity contribution in [3.05, 3.63) is 66.7 Å². The Bertz CT molecular complexity index is 989. The Kier molecular flexibility index (Phi) is 3.43. The number of nitrogens with zero attached hydrogens (tertiary/aromatic N) is 1. The maximum Gasteiger partial charge on any atom is 0.119 e. The van der Waals surface area contributed by atoms with Gasteiger partial charge in [0.1, 0.15) is 5.75 Å². The third-order valence-electron chi connectivity index (χ3n) is 4.06. The molecule has 118 valence electrons. The Morgan fingerprint density at radius 2 is 1.38 bits per heavy atom. The molecule has 4 heteroatoms. The molecule has 0 bridgehead atoms. The summed E-state index contributed by atoms with van der Waals surface area (Å²) in [5, 5.41) is 18.6. The molecule has 24 heavy (non-hydrogen) atoms. The normalized spacial score (nSPS) is 10.9. The summed E-state index contributed by atoms with van der Waals surface area (Å²) >= 11 is 0. The molecule has 4 rings (SSSR count). The van der Waals surface area contributed by atoms with Crippen LogP contribution in [0.5, 0.6) is 5.75 Å². The molecule has 0 atom stereocenters. The largest absolute Gasteiger partial charge is 0.508 e. The molecule has 0 unspecified atom stereocenters. The number of phenolic OH excluding ortho intramolecular Hbond substituents is 1. The molecule has 0 spiro atoms. The fourth-order valence-electron chi connectivity index (χ4n) is 2.95. The summed E-state index contributed by atoms with van der Waals surface area (Å²) in [4.78, 5) is 4.73. The number of rotatable bonds is 3. The third kappa shape index (κ3) is 2.48. The molecular formula is C20H17N3O. The van der Waals surface area contributed by atoms with Crippen LogP contribution < -0.4 is 10.6 Å². The van der Waals surface area contributed by atoms with Crippen molar-refractivity contribution in [3.63, 3.8) is 0 Å². The lowest BCUT2D eigenvalue weighted by Crippen LogP contribution is -1.96. The number of aromatic hydroxyl groups is 1. The number of hydrogen-bond acceptors (Lipinski definition) is 4. The standard InChI is InChI=1S/C20H17N3O/c1-21-13-10-14(12-15(24)11-13)22-20-16-6-2-4-8-18(16)23-19-9-5-3-7-17(19)20/h2-12,21,24H,1H3,(H,22,23). The van der Waals surface area contributed by atoms with Crippen LogP contribution in [-0.4, -0.2) is 17.1 Å². The van der Waals surface area contributed by atoms with Gasteiger partial charge in [-0.3, -0.25) is 0 Å². The first-order valence-corrected chi connectivity index (χ1v) is 7.81. The summed E-state index contributed by atoms with van der Waals surface area (Å²) in [5.41, 5.74) is 4.53. The predicted octanol–water partition coefficient (Wildman–Crippen LogP) is 4.88. The lowest BCUT2D eigenvalue weighted by molar-refractivity contribution is 0.476. The van der Waals surface area contributed by atoms with Gasteiger partial charge in [-0.1, -0.05) is 36.4 Å². The van der Waals surface area contributed by atoms with Gasteiger partial charge in [-0.25, -0.2) is 4.98 Å². The molecule has 0 amide bonds. The van der Waals surface area contributed by atoms with Crippen LogP contribution >= 0.6 is 0 Å². The van der Waals surface area contributed by atoms with Crippen molar-refractivity contribution >= 4 is 38.9 Å². The van der Waals surface area contributed by atoms with E-state index in [4.69, 9.17) is 4.98 Å². The predicted molar refractivity (Wildman–Crippen MR) is 100 cm³/mol. The highest BCUT2D eigenvalue weighted by atomic mass is 16.3. The van der Waals surface area contributed by atoms with Gasteiger partial charge in [0, 0.05) is 41.3 Å². The van der Waals surface area contributed by atoms with Gasteiger partial charge >= 0.3 is 0 Å². The summed E-state index contributed by atoms with van der Waals surface area (Å²) in [6.07, 6.45) is 0. The van der Waals surface area contributed by atoms with Crippen LogP contribution in [0.2, 0.25) is 0 Å². The average molecular weight is 315 g/mol. The molecule has 0 aliphatic carbocycles. The molecule has 4 nitrogen and oxygen atoms in total. The lowest BCUT2D eigenvalue weighted by Gasteiger charge is -2.14. The van der Waals surface area contributed by atoms with Crippen LogP contribution in [0.25, 0.3) is 21.8 Å². The Hall–Kier alpha value is -3.27. The molecular weight excluding hydrogens is 298 g/mol. The Morgan fingerprint density at radius 1 is 0.792 bits per heavy atom. The lowest BCUT2D eigenvalue weighted by atomic mass is 10.1. The minimum absolute atomic E-state index is 0.215. The number of phenols is 1. The molecule has 1 heterocycles. The van der Waals surface area contributed by atoms with Crippen LogP contribution in [-0.2, 0) is 0 Å². The Morgan fingerprint density at radius 3 is 2.00 bits per heavy atom. The first kappa shape index (κ1) is 14.3. The fraction of sp³-hybridized carbons (Fsp3) is 0.0500.